The van der Waals surface area contributed by atoms with Crippen LogP contribution in [0.5, 0.6) is 0 Å². The third kappa shape index (κ3) is 3.81. The van der Waals surface area contributed by atoms with E-state index in [1.54, 1.807) is 7.11 Å². The molecule has 0 saturated heterocycles. The van der Waals surface area contributed by atoms with Crippen molar-refractivity contribution in [2.75, 3.05) is 20.3 Å². The summed E-state index contributed by atoms with van der Waals surface area (Å²) < 4.78 is 4.85. The molecule has 0 aliphatic heterocycles. The number of hydrogen-bond acceptors (Lipinski definition) is 3. The largest absolute Gasteiger partial charge is 0.391 e. The molecule has 4 nitrogen and oxygen atoms in total. The van der Waals surface area contributed by atoms with Crippen LogP contribution in [0.15, 0.2) is 24.3 Å². The van der Waals surface area contributed by atoms with Crippen LogP contribution in [0.1, 0.15) is 29.9 Å². The topological polar surface area (TPSA) is 58.6 Å². The Labute approximate surface area is 120 Å². The minimum Gasteiger partial charge on any atom is -0.391 e. The van der Waals surface area contributed by atoms with Gasteiger partial charge in [0.2, 0.25) is 5.91 Å². The summed E-state index contributed by atoms with van der Waals surface area (Å²) in [6.07, 6.45) is 0.949. The molecular formula is C16H23NO3. The van der Waals surface area contributed by atoms with Crippen molar-refractivity contribution in [2.45, 2.75) is 31.8 Å². The first kappa shape index (κ1) is 15.0. The smallest absolute Gasteiger partial charge is 0.223 e. The minimum atomic E-state index is -0.508. The van der Waals surface area contributed by atoms with Gasteiger partial charge in [0, 0.05) is 19.6 Å². The van der Waals surface area contributed by atoms with Gasteiger partial charge in [-0.25, -0.2) is 0 Å². The fourth-order valence-electron chi connectivity index (χ4n) is 2.60. The first-order valence-corrected chi connectivity index (χ1v) is 7.13. The number of ether oxygens (including phenoxy) is 1. The second-order valence-electron chi connectivity index (χ2n) is 5.49. The van der Waals surface area contributed by atoms with Crippen LogP contribution in [0.25, 0.3) is 0 Å². The molecule has 1 amide bonds. The zero-order chi connectivity index (χ0) is 14.5. The fourth-order valence-corrected chi connectivity index (χ4v) is 2.60. The molecule has 3 atom stereocenters. The minimum absolute atomic E-state index is 0.0932. The third-order valence-corrected chi connectivity index (χ3v) is 3.85. The van der Waals surface area contributed by atoms with E-state index in [9.17, 15) is 9.90 Å². The number of methoxy groups -OCH3 is 1. The summed E-state index contributed by atoms with van der Waals surface area (Å²) in [5.41, 5.74) is 2.54. The van der Waals surface area contributed by atoms with Crippen molar-refractivity contribution in [1.29, 1.82) is 0 Å². The maximum Gasteiger partial charge on any atom is 0.223 e. The molecule has 4 heteroatoms. The summed E-state index contributed by atoms with van der Waals surface area (Å²) in [6, 6.07) is 8.24. The Morgan fingerprint density at radius 1 is 1.50 bits per heavy atom. The molecule has 2 rings (SSSR count). The van der Waals surface area contributed by atoms with Gasteiger partial charge in [0.15, 0.2) is 0 Å². The van der Waals surface area contributed by atoms with Crippen molar-refractivity contribution in [3.63, 3.8) is 0 Å². The summed E-state index contributed by atoms with van der Waals surface area (Å²) >= 11 is 0. The van der Waals surface area contributed by atoms with E-state index >= 15 is 0 Å². The molecule has 1 fully saturated rings. The van der Waals surface area contributed by atoms with Crippen molar-refractivity contribution in [3.05, 3.63) is 35.4 Å². The average molecular weight is 277 g/mol. The van der Waals surface area contributed by atoms with Gasteiger partial charge in [-0.15, -0.1) is 0 Å². The molecule has 2 N–H and O–H groups in total. The molecule has 0 bridgehead atoms. The van der Waals surface area contributed by atoms with Gasteiger partial charge < -0.3 is 15.2 Å². The molecule has 0 spiro atoms. The second kappa shape index (κ2) is 6.86. The van der Waals surface area contributed by atoms with Gasteiger partial charge in [0.25, 0.3) is 0 Å². The van der Waals surface area contributed by atoms with Crippen LogP contribution in [-0.2, 0) is 9.53 Å². The number of benzene rings is 1. The molecule has 1 saturated carbocycles. The van der Waals surface area contributed by atoms with Crippen LogP contribution < -0.4 is 5.32 Å². The zero-order valence-electron chi connectivity index (χ0n) is 12.1. The van der Waals surface area contributed by atoms with Crippen LogP contribution in [0.2, 0.25) is 0 Å². The van der Waals surface area contributed by atoms with E-state index in [1.807, 2.05) is 12.1 Å². The zero-order valence-corrected chi connectivity index (χ0v) is 12.1. The van der Waals surface area contributed by atoms with Crippen LogP contribution in [0.3, 0.4) is 0 Å². The van der Waals surface area contributed by atoms with Gasteiger partial charge in [-0.1, -0.05) is 24.3 Å². The van der Waals surface area contributed by atoms with E-state index in [1.165, 1.54) is 11.1 Å². The standard InChI is InChI=1S/C16H23NO3/c1-11-5-3-4-6-13(11)14-9-15(14)16(19)17-8-7-12(18)10-20-2/h3-6,12,14-15,18H,7-10H2,1-2H3,(H,17,19). The highest BCUT2D eigenvalue weighted by Gasteiger charge is 2.44. The van der Waals surface area contributed by atoms with E-state index in [0.29, 0.717) is 25.5 Å². The van der Waals surface area contributed by atoms with E-state index in [2.05, 4.69) is 24.4 Å². The Morgan fingerprint density at radius 2 is 2.25 bits per heavy atom. The summed E-state index contributed by atoms with van der Waals surface area (Å²) in [6.45, 7) is 2.90. The SMILES string of the molecule is COCC(O)CCNC(=O)C1CC1c1ccccc1C. The Hall–Kier alpha value is -1.39. The van der Waals surface area contributed by atoms with Gasteiger partial charge in [-0.3, -0.25) is 4.79 Å². The fraction of sp³-hybridized carbons (Fsp3) is 0.562. The number of carbonyl (C=O) groups excluding carboxylic acids is 1. The maximum atomic E-state index is 12.0. The highest BCUT2D eigenvalue weighted by Crippen LogP contribution is 2.48. The number of nitrogens with one attached hydrogen (secondary N) is 1. The van der Waals surface area contributed by atoms with E-state index in [4.69, 9.17) is 4.74 Å². The second-order valence-corrected chi connectivity index (χ2v) is 5.49. The number of hydrogen-bond donors (Lipinski definition) is 2. The molecule has 0 radical (unpaired) electrons. The van der Waals surface area contributed by atoms with Crippen LogP contribution in [0, 0.1) is 12.8 Å². The maximum absolute atomic E-state index is 12.0. The monoisotopic (exact) mass is 277 g/mol. The predicted molar refractivity (Wildman–Crippen MR) is 77.5 cm³/mol. The number of amides is 1. The third-order valence-electron chi connectivity index (χ3n) is 3.85. The number of aryl methyl sites for hydroxylation is 1. The van der Waals surface area contributed by atoms with Crippen molar-refractivity contribution in [3.8, 4) is 0 Å². The first-order valence-electron chi connectivity index (χ1n) is 7.13. The molecule has 20 heavy (non-hydrogen) atoms. The van der Waals surface area contributed by atoms with E-state index in [-0.39, 0.29) is 11.8 Å². The Balaban J connectivity index is 1.75. The molecule has 110 valence electrons. The van der Waals surface area contributed by atoms with Gasteiger partial charge >= 0.3 is 0 Å². The van der Waals surface area contributed by atoms with E-state index in [0.717, 1.165) is 6.42 Å². The van der Waals surface area contributed by atoms with Gasteiger partial charge in [-0.05, 0) is 36.8 Å². The molecule has 0 heterocycles. The summed E-state index contributed by atoms with van der Waals surface area (Å²) in [5, 5.41) is 12.4. The van der Waals surface area contributed by atoms with Crippen molar-refractivity contribution >= 4 is 5.91 Å². The highest BCUT2D eigenvalue weighted by molar-refractivity contribution is 5.83. The average Bonchev–Trinajstić information content (AvgIpc) is 3.19. The molecule has 1 aliphatic rings. The lowest BCUT2D eigenvalue weighted by molar-refractivity contribution is -0.122. The van der Waals surface area contributed by atoms with Crippen LogP contribution >= 0.6 is 0 Å². The van der Waals surface area contributed by atoms with E-state index < -0.39 is 6.10 Å². The molecule has 0 aromatic heterocycles. The predicted octanol–water partition coefficient (Wildman–Crippen LogP) is 1.61. The van der Waals surface area contributed by atoms with Gasteiger partial charge in [-0.2, -0.15) is 0 Å². The quantitative estimate of drug-likeness (QED) is 0.796. The Kier molecular flexibility index (Phi) is 5.15. The summed E-state index contributed by atoms with van der Waals surface area (Å²) in [5.74, 6) is 0.554. The highest BCUT2D eigenvalue weighted by atomic mass is 16.5. The van der Waals surface area contributed by atoms with Crippen LogP contribution in [0.4, 0.5) is 0 Å². The number of aliphatic hydroxyl groups excluding tert-OH is 1. The normalized spacial score (nSPS) is 22.4. The molecule has 1 aliphatic carbocycles. The van der Waals surface area contributed by atoms with Gasteiger partial charge in [0.1, 0.15) is 0 Å². The molecule has 1 aromatic carbocycles. The van der Waals surface area contributed by atoms with Crippen LogP contribution in [-0.4, -0.2) is 37.4 Å². The number of carbonyl (C=O) groups is 1. The first-order chi connectivity index (χ1) is 9.63. The van der Waals surface area contributed by atoms with Crippen molar-refractivity contribution in [2.24, 2.45) is 5.92 Å². The summed E-state index contributed by atoms with van der Waals surface area (Å²) in [4.78, 5) is 12.0. The molecule has 1 aromatic rings. The number of rotatable bonds is 7. The lowest BCUT2D eigenvalue weighted by atomic mass is 10.0. The Morgan fingerprint density at radius 3 is 2.95 bits per heavy atom. The van der Waals surface area contributed by atoms with Gasteiger partial charge in [0.05, 0.1) is 12.7 Å². The lowest BCUT2D eigenvalue weighted by Gasteiger charge is -2.10. The van der Waals surface area contributed by atoms with Crippen molar-refractivity contribution < 1.29 is 14.6 Å². The molecule has 3 unspecified atom stereocenters. The number of aliphatic hydroxyl groups is 1. The molecular weight excluding hydrogens is 254 g/mol. The van der Waals surface area contributed by atoms with Crippen molar-refractivity contribution in [1.82, 2.24) is 5.32 Å². The summed E-state index contributed by atoms with van der Waals surface area (Å²) in [7, 11) is 1.55. The Bertz CT molecular complexity index is 461. The lowest BCUT2D eigenvalue weighted by Crippen LogP contribution is -2.29.